The number of piperidine rings is 1. The van der Waals surface area contributed by atoms with Crippen LogP contribution in [0.1, 0.15) is 59.8 Å². The molecule has 4 atom stereocenters. The highest BCUT2D eigenvalue weighted by Crippen LogP contribution is 2.43. The second-order valence-corrected chi connectivity index (χ2v) is 7.00. The van der Waals surface area contributed by atoms with Gasteiger partial charge in [0, 0.05) is 30.1 Å². The molecule has 1 heterocycles. The summed E-state index contributed by atoms with van der Waals surface area (Å²) in [5.41, 5.74) is 0.282. The van der Waals surface area contributed by atoms with Crippen molar-refractivity contribution >= 4 is 0 Å². The third-order valence-electron chi connectivity index (χ3n) is 5.08. The number of hydrogen-bond donors (Lipinski definition) is 2. The highest BCUT2D eigenvalue weighted by atomic mass is 16.5. The van der Waals surface area contributed by atoms with Gasteiger partial charge in [-0.25, -0.2) is 0 Å². The Morgan fingerprint density at radius 1 is 1.37 bits per heavy atom. The zero-order valence-electron chi connectivity index (χ0n) is 13.2. The van der Waals surface area contributed by atoms with E-state index in [-0.39, 0.29) is 5.41 Å². The Morgan fingerprint density at radius 2 is 2.16 bits per heavy atom. The summed E-state index contributed by atoms with van der Waals surface area (Å²) in [5, 5.41) is 7.47. The van der Waals surface area contributed by atoms with Crippen molar-refractivity contribution in [3.05, 3.63) is 0 Å². The molecule has 0 aromatic heterocycles. The minimum Gasteiger partial charge on any atom is -0.378 e. The smallest absolute Gasteiger partial charge is 0.0655 e. The summed E-state index contributed by atoms with van der Waals surface area (Å²) in [5.74, 6) is 0. The standard InChI is InChI=1S/C16H32N2O/c1-5-19-15-11-14(16(15,3)4)18-12(2)10-13-8-6-7-9-17-13/h12-15,17-18H,5-11H2,1-4H3. The Balaban J connectivity index is 1.72. The van der Waals surface area contributed by atoms with Gasteiger partial charge in [-0.3, -0.25) is 0 Å². The predicted octanol–water partition coefficient (Wildman–Crippen LogP) is 2.70. The lowest BCUT2D eigenvalue weighted by atomic mass is 9.64. The molecule has 19 heavy (non-hydrogen) atoms. The first kappa shape index (κ1) is 15.3. The normalized spacial score (nSPS) is 35.7. The van der Waals surface area contributed by atoms with Crippen LogP contribution in [0.25, 0.3) is 0 Å². The first-order chi connectivity index (χ1) is 9.04. The van der Waals surface area contributed by atoms with Crippen LogP contribution in [0.2, 0.25) is 0 Å². The van der Waals surface area contributed by atoms with Gasteiger partial charge in [-0.05, 0) is 46.1 Å². The number of ether oxygens (including phenoxy) is 1. The average Bonchev–Trinajstić information content (AvgIpc) is 2.39. The molecule has 0 aromatic rings. The van der Waals surface area contributed by atoms with E-state index >= 15 is 0 Å². The lowest BCUT2D eigenvalue weighted by Gasteiger charge is -2.53. The Hall–Kier alpha value is -0.120. The zero-order chi connectivity index (χ0) is 13.9. The van der Waals surface area contributed by atoms with E-state index in [1.54, 1.807) is 0 Å². The van der Waals surface area contributed by atoms with Gasteiger partial charge in [0.2, 0.25) is 0 Å². The summed E-state index contributed by atoms with van der Waals surface area (Å²) < 4.78 is 5.80. The van der Waals surface area contributed by atoms with E-state index in [0.29, 0.717) is 18.2 Å². The maximum Gasteiger partial charge on any atom is 0.0655 e. The molecule has 1 aliphatic heterocycles. The van der Waals surface area contributed by atoms with E-state index in [4.69, 9.17) is 4.74 Å². The van der Waals surface area contributed by atoms with Crippen LogP contribution >= 0.6 is 0 Å². The quantitative estimate of drug-likeness (QED) is 0.777. The SMILES string of the molecule is CCOC1CC(NC(C)CC2CCCCN2)C1(C)C. The minimum atomic E-state index is 0.282. The topological polar surface area (TPSA) is 33.3 Å². The molecule has 0 radical (unpaired) electrons. The molecular weight excluding hydrogens is 236 g/mol. The average molecular weight is 268 g/mol. The molecule has 0 amide bonds. The fourth-order valence-corrected chi connectivity index (χ4v) is 3.62. The summed E-state index contributed by atoms with van der Waals surface area (Å²) in [4.78, 5) is 0. The Bertz CT molecular complexity index is 274. The van der Waals surface area contributed by atoms with E-state index in [9.17, 15) is 0 Å². The van der Waals surface area contributed by atoms with Gasteiger partial charge < -0.3 is 15.4 Å². The van der Waals surface area contributed by atoms with Crippen molar-refractivity contribution < 1.29 is 4.74 Å². The first-order valence-electron chi connectivity index (χ1n) is 8.15. The molecule has 112 valence electrons. The summed E-state index contributed by atoms with van der Waals surface area (Å²) in [6.07, 6.45) is 6.96. The summed E-state index contributed by atoms with van der Waals surface area (Å²) >= 11 is 0. The van der Waals surface area contributed by atoms with Crippen molar-refractivity contribution in [2.75, 3.05) is 13.2 Å². The monoisotopic (exact) mass is 268 g/mol. The third-order valence-corrected chi connectivity index (χ3v) is 5.08. The highest BCUT2D eigenvalue weighted by molar-refractivity contribution is 5.03. The molecule has 3 nitrogen and oxygen atoms in total. The lowest BCUT2D eigenvalue weighted by Crippen LogP contribution is -2.62. The van der Waals surface area contributed by atoms with Gasteiger partial charge in [-0.2, -0.15) is 0 Å². The van der Waals surface area contributed by atoms with Crippen LogP contribution in [0.15, 0.2) is 0 Å². The van der Waals surface area contributed by atoms with Gasteiger partial charge in [0.15, 0.2) is 0 Å². The van der Waals surface area contributed by atoms with Crippen LogP contribution in [-0.4, -0.2) is 37.4 Å². The van der Waals surface area contributed by atoms with Crippen molar-refractivity contribution in [3.8, 4) is 0 Å². The van der Waals surface area contributed by atoms with Crippen molar-refractivity contribution in [2.45, 2.75) is 84.0 Å². The molecule has 1 aliphatic carbocycles. The van der Waals surface area contributed by atoms with Crippen LogP contribution in [0.4, 0.5) is 0 Å². The van der Waals surface area contributed by atoms with Crippen molar-refractivity contribution in [1.29, 1.82) is 0 Å². The lowest BCUT2D eigenvalue weighted by molar-refractivity contribution is -0.116. The Morgan fingerprint density at radius 3 is 2.74 bits per heavy atom. The van der Waals surface area contributed by atoms with E-state index < -0.39 is 0 Å². The Kier molecular flexibility index (Phi) is 5.27. The largest absolute Gasteiger partial charge is 0.378 e. The highest BCUT2D eigenvalue weighted by Gasteiger charge is 2.48. The first-order valence-corrected chi connectivity index (χ1v) is 8.15. The van der Waals surface area contributed by atoms with Crippen LogP contribution in [0, 0.1) is 5.41 Å². The van der Waals surface area contributed by atoms with Crippen molar-refractivity contribution in [1.82, 2.24) is 10.6 Å². The maximum atomic E-state index is 5.80. The molecule has 1 saturated carbocycles. The van der Waals surface area contributed by atoms with Crippen LogP contribution in [0.3, 0.4) is 0 Å². The van der Waals surface area contributed by atoms with Gasteiger partial charge in [0.05, 0.1) is 6.10 Å². The maximum absolute atomic E-state index is 5.80. The van der Waals surface area contributed by atoms with E-state index in [1.165, 1.54) is 38.6 Å². The zero-order valence-corrected chi connectivity index (χ0v) is 13.2. The third kappa shape index (κ3) is 3.71. The molecule has 2 aliphatic rings. The fourth-order valence-electron chi connectivity index (χ4n) is 3.62. The van der Waals surface area contributed by atoms with Gasteiger partial charge in [-0.15, -0.1) is 0 Å². The number of rotatable bonds is 6. The molecule has 4 unspecified atom stereocenters. The molecule has 3 heteroatoms. The van der Waals surface area contributed by atoms with Gasteiger partial charge in [0.1, 0.15) is 0 Å². The molecule has 2 N–H and O–H groups in total. The molecule has 0 spiro atoms. The second-order valence-electron chi connectivity index (χ2n) is 7.00. The molecule has 0 aromatic carbocycles. The van der Waals surface area contributed by atoms with Crippen LogP contribution in [-0.2, 0) is 4.74 Å². The number of hydrogen-bond acceptors (Lipinski definition) is 3. The molecule has 0 bridgehead atoms. The van der Waals surface area contributed by atoms with Gasteiger partial charge >= 0.3 is 0 Å². The number of nitrogens with one attached hydrogen (secondary N) is 2. The predicted molar refractivity (Wildman–Crippen MR) is 80.5 cm³/mol. The van der Waals surface area contributed by atoms with Crippen molar-refractivity contribution in [3.63, 3.8) is 0 Å². The minimum absolute atomic E-state index is 0.282. The van der Waals surface area contributed by atoms with Crippen LogP contribution < -0.4 is 10.6 Å². The van der Waals surface area contributed by atoms with E-state index in [1.807, 2.05) is 0 Å². The second kappa shape index (κ2) is 6.55. The van der Waals surface area contributed by atoms with E-state index in [2.05, 4.69) is 38.3 Å². The molecule has 1 saturated heterocycles. The molecule has 2 rings (SSSR count). The van der Waals surface area contributed by atoms with Crippen LogP contribution in [0.5, 0.6) is 0 Å². The van der Waals surface area contributed by atoms with Crippen molar-refractivity contribution in [2.24, 2.45) is 5.41 Å². The molecular formula is C16H32N2O. The summed E-state index contributed by atoms with van der Waals surface area (Å²) in [6, 6.07) is 1.94. The molecule has 2 fully saturated rings. The van der Waals surface area contributed by atoms with Gasteiger partial charge in [-0.1, -0.05) is 20.3 Å². The fraction of sp³-hybridized carbons (Fsp3) is 1.00. The summed E-state index contributed by atoms with van der Waals surface area (Å²) in [7, 11) is 0. The Labute approximate surface area is 118 Å². The van der Waals surface area contributed by atoms with E-state index in [0.717, 1.165) is 12.6 Å². The van der Waals surface area contributed by atoms with Gasteiger partial charge in [0.25, 0.3) is 0 Å². The summed E-state index contributed by atoms with van der Waals surface area (Å²) in [6.45, 7) is 11.1.